The lowest BCUT2D eigenvalue weighted by Gasteiger charge is -2.28. The van der Waals surface area contributed by atoms with Crippen LogP contribution in [0.4, 0.5) is 17.1 Å². The summed E-state index contributed by atoms with van der Waals surface area (Å²) in [4.78, 5) is 2.38. The van der Waals surface area contributed by atoms with Gasteiger partial charge >= 0.3 is 0 Å². The van der Waals surface area contributed by atoms with Crippen LogP contribution in [-0.2, 0) is 5.41 Å². The summed E-state index contributed by atoms with van der Waals surface area (Å²) in [5.41, 5.74) is 18.3. The molecule has 1 aliphatic carbocycles. The first-order chi connectivity index (χ1) is 27.1. The van der Waals surface area contributed by atoms with Gasteiger partial charge in [0.2, 0.25) is 0 Å². The highest BCUT2D eigenvalue weighted by atomic mass is 15.1. The summed E-state index contributed by atoms with van der Waals surface area (Å²) >= 11 is 0. The maximum atomic E-state index is 2.42. The molecule has 2 nitrogen and oxygen atoms in total. The van der Waals surface area contributed by atoms with Crippen LogP contribution in [0.3, 0.4) is 0 Å². The van der Waals surface area contributed by atoms with Gasteiger partial charge in [0.25, 0.3) is 0 Å². The molecule has 0 spiro atoms. The van der Waals surface area contributed by atoms with E-state index >= 15 is 0 Å². The molecule has 0 atom stereocenters. The Labute approximate surface area is 323 Å². The van der Waals surface area contributed by atoms with E-state index in [2.05, 4.69) is 230 Å². The average Bonchev–Trinajstić information content (AvgIpc) is 3.71. The molecule has 0 unspecified atom stereocenters. The van der Waals surface area contributed by atoms with E-state index < -0.39 is 0 Å². The van der Waals surface area contributed by atoms with Gasteiger partial charge in [-0.25, -0.2) is 0 Å². The number of hydrogen-bond acceptors (Lipinski definition) is 1. The molecule has 0 radical (unpaired) electrons. The second kappa shape index (κ2) is 13.2. The first kappa shape index (κ1) is 32.7. The largest absolute Gasteiger partial charge is 0.310 e. The van der Waals surface area contributed by atoms with Crippen molar-refractivity contribution in [2.75, 3.05) is 4.90 Å². The van der Waals surface area contributed by atoms with Gasteiger partial charge in [0, 0.05) is 39.1 Å². The standard InChI is InChI=1S/C53H40N2/c1-53(2)48-26-16-15-25-45(48)46-33-32-44(36-49(46)53)54(41-21-11-5-12-22-41)43-30-27-37(28-31-43)40-29-34-50-47(35-40)51(38-17-7-3-8-18-38)52(39-19-9-4-10-20-39)55(50)42-23-13-6-14-24-42/h3-36H,1-2H3. The second-order valence-electron chi connectivity index (χ2n) is 15.0. The molecular formula is C53H40N2. The normalized spacial score (nSPS) is 12.7. The Bertz CT molecular complexity index is 2800. The maximum Gasteiger partial charge on any atom is 0.0619 e. The van der Waals surface area contributed by atoms with E-state index in [9.17, 15) is 0 Å². The molecule has 262 valence electrons. The lowest BCUT2D eigenvalue weighted by molar-refractivity contribution is 0.660. The zero-order valence-corrected chi connectivity index (χ0v) is 31.0. The summed E-state index contributed by atoms with van der Waals surface area (Å²) in [5.74, 6) is 0. The molecule has 1 heterocycles. The molecule has 8 aromatic carbocycles. The minimum absolute atomic E-state index is 0.0781. The van der Waals surface area contributed by atoms with Crippen molar-refractivity contribution in [3.63, 3.8) is 0 Å². The molecule has 55 heavy (non-hydrogen) atoms. The molecule has 0 bridgehead atoms. The number of nitrogens with zero attached hydrogens (tertiary/aromatic N) is 2. The number of anilines is 3. The van der Waals surface area contributed by atoms with Gasteiger partial charge in [-0.2, -0.15) is 0 Å². The molecule has 2 heteroatoms. The third-order valence-corrected chi connectivity index (χ3v) is 11.4. The van der Waals surface area contributed by atoms with Crippen LogP contribution < -0.4 is 4.90 Å². The Balaban J connectivity index is 1.11. The highest BCUT2D eigenvalue weighted by Gasteiger charge is 2.35. The van der Waals surface area contributed by atoms with Crippen molar-refractivity contribution in [1.82, 2.24) is 4.57 Å². The summed E-state index contributed by atoms with van der Waals surface area (Å²) in [5, 5.41) is 1.23. The summed E-state index contributed by atoms with van der Waals surface area (Å²) < 4.78 is 2.42. The lowest BCUT2D eigenvalue weighted by Crippen LogP contribution is -2.16. The third-order valence-electron chi connectivity index (χ3n) is 11.4. The Kier molecular flexibility index (Phi) is 7.85. The quantitative estimate of drug-likeness (QED) is 0.160. The van der Waals surface area contributed by atoms with Gasteiger partial charge in [0.05, 0.1) is 11.2 Å². The number of aromatic nitrogens is 1. The number of fused-ring (bicyclic) bond motifs is 4. The molecule has 0 N–H and O–H groups in total. The second-order valence-corrected chi connectivity index (χ2v) is 15.0. The van der Waals surface area contributed by atoms with Crippen LogP contribution in [0.15, 0.2) is 206 Å². The summed E-state index contributed by atoms with van der Waals surface area (Å²) in [6, 6.07) is 74.9. The van der Waals surface area contributed by atoms with E-state index in [0.29, 0.717) is 0 Å². The van der Waals surface area contributed by atoms with Crippen LogP contribution >= 0.6 is 0 Å². The van der Waals surface area contributed by atoms with Crippen LogP contribution in [-0.4, -0.2) is 4.57 Å². The van der Waals surface area contributed by atoms with Crippen LogP contribution in [0.2, 0.25) is 0 Å². The van der Waals surface area contributed by atoms with Crippen LogP contribution in [0.5, 0.6) is 0 Å². The van der Waals surface area contributed by atoms with Gasteiger partial charge in [-0.1, -0.05) is 159 Å². The van der Waals surface area contributed by atoms with Crippen molar-refractivity contribution in [2.45, 2.75) is 19.3 Å². The zero-order valence-electron chi connectivity index (χ0n) is 31.0. The molecule has 0 amide bonds. The van der Waals surface area contributed by atoms with E-state index in [1.54, 1.807) is 0 Å². The highest BCUT2D eigenvalue weighted by molar-refractivity contribution is 6.07. The van der Waals surface area contributed by atoms with Crippen LogP contribution in [0.25, 0.3) is 61.2 Å². The first-order valence-electron chi connectivity index (χ1n) is 19.1. The van der Waals surface area contributed by atoms with Crippen molar-refractivity contribution in [2.24, 2.45) is 0 Å². The summed E-state index contributed by atoms with van der Waals surface area (Å²) in [6.07, 6.45) is 0. The maximum absolute atomic E-state index is 2.42. The molecule has 10 rings (SSSR count). The predicted octanol–water partition coefficient (Wildman–Crippen LogP) is 14.4. The molecule has 0 fully saturated rings. The zero-order chi connectivity index (χ0) is 36.9. The van der Waals surface area contributed by atoms with Gasteiger partial charge in [-0.15, -0.1) is 0 Å². The number of benzene rings is 8. The number of para-hydroxylation sites is 2. The fraction of sp³-hybridized carbons (Fsp3) is 0.0566. The third kappa shape index (κ3) is 5.49. The Morgan fingerprint density at radius 3 is 1.65 bits per heavy atom. The molecule has 9 aromatic rings. The van der Waals surface area contributed by atoms with E-state index in [1.807, 2.05) is 0 Å². The molecule has 1 aliphatic rings. The van der Waals surface area contributed by atoms with Gasteiger partial charge in [0.15, 0.2) is 0 Å². The molecular weight excluding hydrogens is 665 g/mol. The van der Waals surface area contributed by atoms with Gasteiger partial charge in [-0.3, -0.25) is 0 Å². The van der Waals surface area contributed by atoms with Crippen molar-refractivity contribution in [3.05, 3.63) is 217 Å². The van der Waals surface area contributed by atoms with E-state index in [1.165, 1.54) is 66.7 Å². The molecule has 0 saturated heterocycles. The first-order valence-corrected chi connectivity index (χ1v) is 19.1. The predicted molar refractivity (Wildman–Crippen MR) is 232 cm³/mol. The van der Waals surface area contributed by atoms with Gasteiger partial charge in [-0.05, 0) is 105 Å². The fourth-order valence-electron chi connectivity index (χ4n) is 8.74. The number of hydrogen-bond donors (Lipinski definition) is 0. The Morgan fingerprint density at radius 1 is 0.400 bits per heavy atom. The van der Waals surface area contributed by atoms with Crippen molar-refractivity contribution < 1.29 is 0 Å². The van der Waals surface area contributed by atoms with E-state index in [-0.39, 0.29) is 5.41 Å². The Hall–Kier alpha value is -6.90. The lowest BCUT2D eigenvalue weighted by atomic mass is 9.82. The van der Waals surface area contributed by atoms with Crippen molar-refractivity contribution in [1.29, 1.82) is 0 Å². The minimum Gasteiger partial charge on any atom is -0.310 e. The Morgan fingerprint density at radius 2 is 0.945 bits per heavy atom. The molecule has 0 saturated carbocycles. The summed E-state index contributed by atoms with van der Waals surface area (Å²) in [6.45, 7) is 4.69. The fourth-order valence-corrected chi connectivity index (χ4v) is 8.74. The number of rotatable bonds is 7. The van der Waals surface area contributed by atoms with Gasteiger partial charge < -0.3 is 9.47 Å². The van der Waals surface area contributed by atoms with Crippen molar-refractivity contribution in [3.8, 4) is 50.3 Å². The SMILES string of the molecule is CC1(C)c2ccccc2-c2ccc(N(c3ccccc3)c3ccc(-c4ccc5c(c4)c(-c4ccccc4)c(-c4ccccc4)n5-c4ccccc4)cc3)cc21. The van der Waals surface area contributed by atoms with Gasteiger partial charge in [0.1, 0.15) is 0 Å². The highest BCUT2D eigenvalue weighted by Crippen LogP contribution is 2.51. The van der Waals surface area contributed by atoms with Crippen LogP contribution in [0, 0.1) is 0 Å². The monoisotopic (exact) mass is 704 g/mol. The minimum atomic E-state index is -0.0781. The molecule has 1 aromatic heterocycles. The van der Waals surface area contributed by atoms with Crippen molar-refractivity contribution >= 4 is 28.0 Å². The summed E-state index contributed by atoms with van der Waals surface area (Å²) in [7, 11) is 0. The smallest absolute Gasteiger partial charge is 0.0619 e. The molecule has 0 aliphatic heterocycles. The average molecular weight is 705 g/mol. The topological polar surface area (TPSA) is 8.17 Å². The van der Waals surface area contributed by atoms with E-state index in [4.69, 9.17) is 0 Å². The van der Waals surface area contributed by atoms with Crippen LogP contribution in [0.1, 0.15) is 25.0 Å². The van der Waals surface area contributed by atoms with E-state index in [0.717, 1.165) is 22.7 Å².